The first kappa shape index (κ1) is 15.7. The maximum Gasteiger partial charge on any atom is 0.220 e. The van der Waals surface area contributed by atoms with Crippen molar-refractivity contribution in [2.75, 3.05) is 0 Å². The van der Waals surface area contributed by atoms with Gasteiger partial charge in [-0.05, 0) is 26.7 Å². The van der Waals surface area contributed by atoms with Crippen molar-refractivity contribution in [3.05, 3.63) is 28.7 Å². The average molecular weight is 317 g/mol. The van der Waals surface area contributed by atoms with Crippen LogP contribution in [0.15, 0.2) is 4.52 Å². The number of aryl methyl sites for hydroxylation is 4. The Morgan fingerprint density at radius 1 is 1.39 bits per heavy atom. The summed E-state index contributed by atoms with van der Waals surface area (Å²) in [5.74, 6) is 2.90. The minimum atomic E-state index is 0.0737. The summed E-state index contributed by atoms with van der Waals surface area (Å²) in [6.07, 6.45) is 3.76. The minimum absolute atomic E-state index is 0.0737. The predicted molar refractivity (Wildman–Crippen MR) is 83.9 cm³/mol. The summed E-state index contributed by atoms with van der Waals surface area (Å²) in [5, 5.41) is 15.5. The lowest BCUT2D eigenvalue weighted by Gasteiger charge is -2.25. The minimum Gasteiger partial charge on any atom is -0.361 e. The summed E-state index contributed by atoms with van der Waals surface area (Å²) in [6.45, 7) is 6.63. The average Bonchev–Trinajstić information content (AvgIpc) is 3.08. The third-order valence-electron chi connectivity index (χ3n) is 4.49. The van der Waals surface area contributed by atoms with E-state index >= 15 is 0 Å². The third-order valence-corrected chi connectivity index (χ3v) is 4.49. The van der Waals surface area contributed by atoms with Gasteiger partial charge in [0.05, 0.1) is 5.69 Å². The quantitative estimate of drug-likeness (QED) is 0.903. The monoisotopic (exact) mass is 317 g/mol. The van der Waals surface area contributed by atoms with Gasteiger partial charge in [-0.15, -0.1) is 10.2 Å². The van der Waals surface area contributed by atoms with Gasteiger partial charge in [-0.1, -0.05) is 12.1 Å². The Bertz CT molecular complexity index is 670. The largest absolute Gasteiger partial charge is 0.361 e. The normalized spacial score (nSPS) is 17.1. The molecule has 0 fully saturated rings. The predicted octanol–water partition coefficient (Wildman–Crippen LogP) is 1.51. The molecule has 3 rings (SSSR count). The van der Waals surface area contributed by atoms with Gasteiger partial charge in [-0.3, -0.25) is 4.79 Å². The Kier molecular flexibility index (Phi) is 4.45. The van der Waals surface area contributed by atoms with E-state index in [1.807, 2.05) is 13.8 Å². The van der Waals surface area contributed by atoms with Crippen LogP contribution in [0.1, 0.15) is 48.4 Å². The number of hydrogen-bond donors (Lipinski definition) is 1. The van der Waals surface area contributed by atoms with Gasteiger partial charge >= 0.3 is 0 Å². The van der Waals surface area contributed by atoms with Crippen LogP contribution in [-0.2, 0) is 30.6 Å². The number of carbonyl (C=O) groups excluding carboxylic acids is 1. The van der Waals surface area contributed by atoms with E-state index in [1.54, 1.807) is 0 Å². The van der Waals surface area contributed by atoms with Crippen molar-refractivity contribution in [2.24, 2.45) is 0 Å². The molecule has 0 saturated carbocycles. The van der Waals surface area contributed by atoms with Gasteiger partial charge in [-0.25, -0.2) is 0 Å². The first-order valence-corrected chi connectivity index (χ1v) is 8.20. The van der Waals surface area contributed by atoms with Crippen LogP contribution in [0.3, 0.4) is 0 Å². The highest BCUT2D eigenvalue weighted by atomic mass is 16.5. The molecule has 0 radical (unpaired) electrons. The first-order valence-electron chi connectivity index (χ1n) is 8.20. The van der Waals surface area contributed by atoms with Crippen molar-refractivity contribution < 1.29 is 9.32 Å². The Hall–Kier alpha value is -2.18. The molecule has 124 valence electrons. The summed E-state index contributed by atoms with van der Waals surface area (Å²) >= 11 is 0. The zero-order chi connectivity index (χ0) is 16.4. The van der Waals surface area contributed by atoms with Gasteiger partial charge in [0.2, 0.25) is 5.91 Å². The van der Waals surface area contributed by atoms with Crippen molar-refractivity contribution in [2.45, 2.75) is 65.5 Å². The Balaban J connectivity index is 1.55. The van der Waals surface area contributed by atoms with Gasteiger partial charge < -0.3 is 14.4 Å². The van der Waals surface area contributed by atoms with Crippen LogP contribution in [0.5, 0.6) is 0 Å². The molecule has 1 N–H and O–H groups in total. The summed E-state index contributed by atoms with van der Waals surface area (Å²) in [4.78, 5) is 12.2. The lowest BCUT2D eigenvalue weighted by Crippen LogP contribution is -2.41. The Morgan fingerprint density at radius 3 is 2.91 bits per heavy atom. The fraction of sp³-hybridized carbons (Fsp3) is 0.625. The molecule has 7 nitrogen and oxygen atoms in total. The molecule has 1 atom stereocenters. The van der Waals surface area contributed by atoms with Crippen molar-refractivity contribution in [1.82, 2.24) is 25.2 Å². The standard InChI is InChI=1S/C16H23N5O2/c1-4-14-18-19-15-7-5-12(9-21(14)15)17-16(22)8-6-13-10(2)20-23-11(13)3/h12H,4-9H2,1-3H3,(H,17,22)/t12-/m1/s1. The molecule has 0 unspecified atom stereocenters. The second-order valence-corrected chi connectivity index (χ2v) is 6.10. The number of carbonyl (C=O) groups is 1. The van der Waals surface area contributed by atoms with E-state index < -0.39 is 0 Å². The third kappa shape index (κ3) is 3.28. The van der Waals surface area contributed by atoms with Crippen LogP contribution in [0.2, 0.25) is 0 Å². The molecule has 2 aromatic heterocycles. The zero-order valence-corrected chi connectivity index (χ0v) is 13.9. The van der Waals surface area contributed by atoms with E-state index in [0.717, 1.165) is 54.5 Å². The topological polar surface area (TPSA) is 85.8 Å². The van der Waals surface area contributed by atoms with Gasteiger partial charge in [0.15, 0.2) is 0 Å². The number of hydrogen-bond acceptors (Lipinski definition) is 5. The molecule has 0 bridgehead atoms. The zero-order valence-electron chi connectivity index (χ0n) is 13.9. The molecule has 3 heterocycles. The highest BCUT2D eigenvalue weighted by Crippen LogP contribution is 2.17. The lowest BCUT2D eigenvalue weighted by molar-refractivity contribution is -0.122. The van der Waals surface area contributed by atoms with Crippen LogP contribution in [-0.4, -0.2) is 31.9 Å². The van der Waals surface area contributed by atoms with Crippen LogP contribution in [0.25, 0.3) is 0 Å². The smallest absolute Gasteiger partial charge is 0.220 e. The van der Waals surface area contributed by atoms with E-state index in [9.17, 15) is 4.79 Å². The maximum absolute atomic E-state index is 12.2. The van der Waals surface area contributed by atoms with Crippen LogP contribution in [0.4, 0.5) is 0 Å². The van der Waals surface area contributed by atoms with E-state index in [-0.39, 0.29) is 11.9 Å². The molecule has 1 aliphatic rings. The molecule has 0 saturated heterocycles. The molecule has 1 amide bonds. The highest BCUT2D eigenvalue weighted by Gasteiger charge is 2.23. The highest BCUT2D eigenvalue weighted by molar-refractivity contribution is 5.76. The van der Waals surface area contributed by atoms with Crippen LogP contribution >= 0.6 is 0 Å². The first-order chi connectivity index (χ1) is 11.1. The van der Waals surface area contributed by atoms with Gasteiger partial charge in [0.25, 0.3) is 0 Å². The second-order valence-electron chi connectivity index (χ2n) is 6.10. The molecule has 7 heteroatoms. The molecular formula is C16H23N5O2. The lowest BCUT2D eigenvalue weighted by atomic mass is 10.1. The molecule has 0 aromatic carbocycles. The van der Waals surface area contributed by atoms with Crippen molar-refractivity contribution in [1.29, 1.82) is 0 Å². The fourth-order valence-corrected chi connectivity index (χ4v) is 3.16. The molecule has 23 heavy (non-hydrogen) atoms. The Morgan fingerprint density at radius 2 is 2.22 bits per heavy atom. The fourth-order valence-electron chi connectivity index (χ4n) is 3.16. The van der Waals surface area contributed by atoms with Gasteiger partial charge in [-0.2, -0.15) is 0 Å². The number of amides is 1. The summed E-state index contributed by atoms with van der Waals surface area (Å²) in [5.41, 5.74) is 1.91. The number of aromatic nitrogens is 4. The molecule has 0 aliphatic carbocycles. The van der Waals surface area contributed by atoms with E-state index in [0.29, 0.717) is 12.8 Å². The van der Waals surface area contributed by atoms with E-state index in [2.05, 4.69) is 32.2 Å². The maximum atomic E-state index is 12.2. The SMILES string of the molecule is CCc1nnc2n1C[C@H](NC(=O)CCc1c(C)noc1C)CC2. The second kappa shape index (κ2) is 6.52. The van der Waals surface area contributed by atoms with Crippen molar-refractivity contribution >= 4 is 5.91 Å². The van der Waals surface area contributed by atoms with Gasteiger partial charge in [0.1, 0.15) is 17.4 Å². The van der Waals surface area contributed by atoms with Gasteiger partial charge in [0, 0.05) is 37.4 Å². The molecule has 2 aromatic rings. The van der Waals surface area contributed by atoms with E-state index in [4.69, 9.17) is 4.52 Å². The molecule has 1 aliphatic heterocycles. The Labute approximate surface area is 135 Å². The van der Waals surface area contributed by atoms with Crippen LogP contribution in [0, 0.1) is 13.8 Å². The number of rotatable bonds is 5. The van der Waals surface area contributed by atoms with E-state index in [1.165, 1.54) is 0 Å². The summed E-state index contributed by atoms with van der Waals surface area (Å²) in [7, 11) is 0. The number of nitrogens with one attached hydrogen (secondary N) is 1. The molecular weight excluding hydrogens is 294 g/mol. The van der Waals surface area contributed by atoms with Crippen molar-refractivity contribution in [3.63, 3.8) is 0 Å². The summed E-state index contributed by atoms with van der Waals surface area (Å²) in [6, 6.07) is 0.154. The van der Waals surface area contributed by atoms with Crippen LogP contribution < -0.4 is 5.32 Å². The summed E-state index contributed by atoms with van der Waals surface area (Å²) < 4.78 is 7.28. The molecule has 0 spiro atoms. The number of fused-ring (bicyclic) bond motifs is 1. The van der Waals surface area contributed by atoms with Crippen molar-refractivity contribution in [3.8, 4) is 0 Å². The number of nitrogens with zero attached hydrogens (tertiary/aromatic N) is 4.